The Morgan fingerprint density at radius 3 is 2.50 bits per heavy atom. The number of carboxylic acid groups (broad SMARTS) is 1. The van der Waals surface area contributed by atoms with Crippen molar-refractivity contribution in [3.05, 3.63) is 33.8 Å². The molecule has 2 saturated heterocycles. The molecular weight excluding hydrogens is 454 g/mol. The molecular formula is C17H17Cl2KN2O5S. The van der Waals surface area contributed by atoms with Crippen molar-refractivity contribution in [3.63, 3.8) is 0 Å². The van der Waals surface area contributed by atoms with Crippen molar-refractivity contribution in [2.75, 3.05) is 7.11 Å². The number of amides is 2. The summed E-state index contributed by atoms with van der Waals surface area (Å²) in [6.07, 6.45) is -0.988. The number of hydrogen-bond acceptors (Lipinski definition) is 6. The van der Waals surface area contributed by atoms with Crippen LogP contribution in [0.1, 0.15) is 25.5 Å². The number of carbonyl (C=O) groups excluding carboxylic acids is 3. The quantitative estimate of drug-likeness (QED) is 0.394. The van der Waals surface area contributed by atoms with E-state index in [4.69, 9.17) is 27.9 Å². The molecule has 0 saturated carbocycles. The van der Waals surface area contributed by atoms with Crippen molar-refractivity contribution in [2.24, 2.45) is 0 Å². The topological polar surface area (TPSA) is 98.8 Å². The van der Waals surface area contributed by atoms with Crippen LogP contribution >= 0.6 is 35.0 Å². The van der Waals surface area contributed by atoms with Crippen LogP contribution in [0.4, 0.5) is 0 Å². The van der Waals surface area contributed by atoms with Crippen molar-refractivity contribution in [1.29, 1.82) is 0 Å². The summed E-state index contributed by atoms with van der Waals surface area (Å²) in [5.41, 5.74) is 0.486. The first-order valence-corrected chi connectivity index (χ1v) is 9.71. The standard InChI is InChI=1S/C17H18Cl2N2O5S.K/c1-17(2)12(16(24)25)21-14(23)10(15(21)27-17)20-13(22)11(26-3)7-4-5-8(18)9(19)6-7;/h4-6,10-12,15H,1-3H3,(H,20,22)(H,24,25);/q;+1/p-1. The van der Waals surface area contributed by atoms with Crippen LogP contribution in [-0.4, -0.2) is 52.0 Å². The summed E-state index contributed by atoms with van der Waals surface area (Å²) in [5.74, 6) is -2.28. The number of carbonyl (C=O) groups is 3. The van der Waals surface area contributed by atoms with Gasteiger partial charge in [0, 0.05) is 11.9 Å². The van der Waals surface area contributed by atoms with Gasteiger partial charge in [0.05, 0.1) is 22.1 Å². The first-order valence-electron chi connectivity index (χ1n) is 8.07. The number of methoxy groups -OCH3 is 1. The van der Waals surface area contributed by atoms with Gasteiger partial charge in [-0.05, 0) is 31.5 Å². The van der Waals surface area contributed by atoms with E-state index in [0.717, 1.165) is 0 Å². The molecule has 2 aliphatic rings. The van der Waals surface area contributed by atoms with Gasteiger partial charge >= 0.3 is 51.4 Å². The molecule has 1 aromatic rings. The minimum absolute atomic E-state index is 0. The fraction of sp³-hybridized carbons (Fsp3) is 0.471. The number of rotatable bonds is 5. The SMILES string of the molecule is COC(C(=O)NC1C(=O)N2C1SC(C)(C)C2C(=O)[O-])c1ccc(Cl)c(Cl)c1.[K+]. The van der Waals surface area contributed by atoms with Gasteiger partial charge in [0.15, 0.2) is 6.10 Å². The maximum Gasteiger partial charge on any atom is 1.00 e. The number of aliphatic carboxylic acids is 1. The van der Waals surface area contributed by atoms with E-state index in [-0.39, 0.29) is 56.4 Å². The Morgan fingerprint density at radius 1 is 1.32 bits per heavy atom. The normalized spacial score (nSPS) is 26.0. The zero-order chi connectivity index (χ0) is 20.1. The number of carboxylic acids is 1. The zero-order valence-corrected chi connectivity index (χ0v) is 21.1. The number of hydrogen-bond donors (Lipinski definition) is 1. The number of nitrogens with one attached hydrogen (secondary N) is 1. The molecule has 2 amide bonds. The van der Waals surface area contributed by atoms with Gasteiger partial charge in [-0.15, -0.1) is 11.8 Å². The molecule has 2 aliphatic heterocycles. The molecule has 7 nitrogen and oxygen atoms in total. The Labute approximate surface area is 219 Å². The van der Waals surface area contributed by atoms with Gasteiger partial charge in [0.2, 0.25) is 5.91 Å². The first-order chi connectivity index (χ1) is 12.6. The molecule has 0 spiro atoms. The van der Waals surface area contributed by atoms with E-state index in [9.17, 15) is 19.5 Å². The summed E-state index contributed by atoms with van der Waals surface area (Å²) >= 11 is 13.2. The Bertz CT molecular complexity index is 825. The van der Waals surface area contributed by atoms with Crippen molar-refractivity contribution in [3.8, 4) is 0 Å². The Balaban J connectivity index is 0.00000280. The number of β-lactam (4-membered cyclic amide) rings is 1. The molecule has 2 fully saturated rings. The fourth-order valence-electron chi connectivity index (χ4n) is 3.43. The molecule has 146 valence electrons. The molecule has 2 heterocycles. The summed E-state index contributed by atoms with van der Waals surface area (Å²) < 4.78 is 4.54. The predicted molar refractivity (Wildman–Crippen MR) is 99.2 cm³/mol. The van der Waals surface area contributed by atoms with Gasteiger partial charge in [0.1, 0.15) is 11.4 Å². The Hall–Kier alpha value is 0.156. The fourth-order valence-corrected chi connectivity index (χ4v) is 5.35. The molecule has 3 rings (SSSR count). The molecule has 0 aliphatic carbocycles. The molecule has 4 unspecified atom stereocenters. The number of fused-ring (bicyclic) bond motifs is 1. The summed E-state index contributed by atoms with van der Waals surface area (Å²) in [5, 5.41) is 14.2. The van der Waals surface area contributed by atoms with E-state index in [0.29, 0.717) is 10.6 Å². The second-order valence-corrected chi connectivity index (χ2v) is 9.44. The molecule has 0 bridgehead atoms. The van der Waals surface area contributed by atoms with Gasteiger partial charge in [-0.1, -0.05) is 29.3 Å². The van der Waals surface area contributed by atoms with Gasteiger partial charge in [-0.3, -0.25) is 9.59 Å². The van der Waals surface area contributed by atoms with Crippen LogP contribution in [0.25, 0.3) is 0 Å². The van der Waals surface area contributed by atoms with Crippen LogP contribution < -0.4 is 61.8 Å². The van der Waals surface area contributed by atoms with Crippen LogP contribution in [0.3, 0.4) is 0 Å². The van der Waals surface area contributed by atoms with E-state index in [1.165, 1.54) is 29.8 Å². The molecule has 1 N–H and O–H groups in total. The molecule has 4 atom stereocenters. The van der Waals surface area contributed by atoms with Crippen LogP contribution in [0.15, 0.2) is 18.2 Å². The van der Waals surface area contributed by atoms with Crippen molar-refractivity contribution in [2.45, 2.75) is 42.2 Å². The number of thioether (sulfide) groups is 1. The van der Waals surface area contributed by atoms with Crippen molar-refractivity contribution >= 4 is 52.7 Å². The zero-order valence-electron chi connectivity index (χ0n) is 15.7. The summed E-state index contributed by atoms with van der Waals surface area (Å²) in [6.45, 7) is 3.46. The smallest absolute Gasteiger partial charge is 0.548 e. The third kappa shape index (κ3) is 4.28. The Morgan fingerprint density at radius 2 is 1.96 bits per heavy atom. The minimum atomic E-state index is -1.31. The second-order valence-electron chi connectivity index (χ2n) is 6.85. The van der Waals surface area contributed by atoms with Gasteiger partial charge in [0.25, 0.3) is 5.91 Å². The van der Waals surface area contributed by atoms with Crippen LogP contribution in [0, 0.1) is 0 Å². The number of halogens is 2. The number of ether oxygens (including phenoxy) is 1. The summed E-state index contributed by atoms with van der Waals surface area (Å²) in [6, 6.07) is 2.81. The van der Waals surface area contributed by atoms with E-state index in [2.05, 4.69) is 5.32 Å². The Kier molecular flexibility index (Phi) is 7.95. The monoisotopic (exact) mass is 470 g/mol. The van der Waals surface area contributed by atoms with E-state index in [1.807, 2.05) is 0 Å². The van der Waals surface area contributed by atoms with E-state index < -0.39 is 46.1 Å². The third-order valence-corrected chi connectivity index (χ3v) is 6.99. The molecule has 0 aromatic heterocycles. The average molecular weight is 471 g/mol. The molecule has 11 heteroatoms. The molecule has 0 radical (unpaired) electrons. The molecule has 1 aromatic carbocycles. The maximum atomic E-state index is 12.7. The van der Waals surface area contributed by atoms with E-state index in [1.54, 1.807) is 26.0 Å². The summed E-state index contributed by atoms with van der Waals surface area (Å²) in [4.78, 5) is 37.8. The maximum absolute atomic E-state index is 12.7. The van der Waals surface area contributed by atoms with Gasteiger partial charge in [-0.2, -0.15) is 0 Å². The molecule has 28 heavy (non-hydrogen) atoms. The predicted octanol–water partition coefficient (Wildman–Crippen LogP) is -2.02. The first kappa shape index (κ1) is 24.4. The average Bonchev–Trinajstić information content (AvgIpc) is 2.84. The van der Waals surface area contributed by atoms with Gasteiger partial charge < -0.3 is 24.9 Å². The van der Waals surface area contributed by atoms with Crippen molar-refractivity contribution < 1.29 is 75.6 Å². The van der Waals surface area contributed by atoms with E-state index >= 15 is 0 Å². The van der Waals surface area contributed by atoms with Crippen LogP contribution in [0.2, 0.25) is 10.0 Å². The number of benzene rings is 1. The van der Waals surface area contributed by atoms with Crippen LogP contribution in [-0.2, 0) is 19.1 Å². The van der Waals surface area contributed by atoms with Gasteiger partial charge in [-0.25, -0.2) is 0 Å². The van der Waals surface area contributed by atoms with Crippen LogP contribution in [0.5, 0.6) is 0 Å². The third-order valence-electron chi connectivity index (χ3n) is 4.68. The minimum Gasteiger partial charge on any atom is -0.548 e. The van der Waals surface area contributed by atoms with Crippen molar-refractivity contribution in [1.82, 2.24) is 10.2 Å². The second kappa shape index (κ2) is 9.11. The number of nitrogens with zero attached hydrogens (tertiary/aromatic N) is 1. The largest absolute Gasteiger partial charge is 1.00 e. The summed E-state index contributed by atoms with van der Waals surface area (Å²) in [7, 11) is 1.36.